The first-order valence-electron chi connectivity index (χ1n) is 5.36. The monoisotopic (exact) mass is 209 g/mol. The molecule has 1 aromatic heterocycles. The highest BCUT2D eigenvalue weighted by Gasteiger charge is 2.25. The second-order valence-electron chi connectivity index (χ2n) is 5.33. The number of thiophene rings is 1. The number of hydrogen-bond donors (Lipinski definition) is 1. The fourth-order valence-electron chi connectivity index (χ4n) is 2.11. The number of hydrogen-bond acceptors (Lipinski definition) is 2. The van der Waals surface area contributed by atoms with Crippen LogP contribution in [0.3, 0.4) is 0 Å². The van der Waals surface area contributed by atoms with Gasteiger partial charge in [-0.15, -0.1) is 11.3 Å². The van der Waals surface area contributed by atoms with Crippen LogP contribution in [-0.4, -0.2) is 6.54 Å². The van der Waals surface area contributed by atoms with Gasteiger partial charge in [0.15, 0.2) is 0 Å². The molecule has 78 valence electrons. The van der Waals surface area contributed by atoms with Crippen LogP contribution < -0.4 is 5.32 Å². The summed E-state index contributed by atoms with van der Waals surface area (Å²) < 4.78 is 0. The lowest BCUT2D eigenvalue weighted by molar-refractivity contribution is 0.308. The molecule has 0 saturated heterocycles. The van der Waals surface area contributed by atoms with Crippen molar-refractivity contribution in [2.75, 3.05) is 6.54 Å². The second kappa shape index (κ2) is 3.67. The maximum absolute atomic E-state index is 3.63. The van der Waals surface area contributed by atoms with E-state index in [9.17, 15) is 0 Å². The van der Waals surface area contributed by atoms with Crippen molar-refractivity contribution < 1.29 is 0 Å². The first-order valence-corrected chi connectivity index (χ1v) is 6.24. The average Bonchev–Trinajstić information content (AvgIpc) is 2.49. The smallest absolute Gasteiger partial charge is 0.0422 e. The van der Waals surface area contributed by atoms with Crippen molar-refractivity contribution in [2.24, 2.45) is 5.41 Å². The molecule has 0 saturated carbocycles. The van der Waals surface area contributed by atoms with Crippen molar-refractivity contribution >= 4 is 11.3 Å². The molecule has 1 atom stereocenters. The Morgan fingerprint density at radius 1 is 1.50 bits per heavy atom. The predicted octanol–water partition coefficient (Wildman–Crippen LogP) is 3.37. The van der Waals surface area contributed by atoms with E-state index >= 15 is 0 Å². The maximum atomic E-state index is 3.63. The zero-order chi connectivity index (χ0) is 10.2. The van der Waals surface area contributed by atoms with E-state index in [1.54, 1.807) is 10.4 Å². The Morgan fingerprint density at radius 2 is 2.29 bits per heavy atom. The summed E-state index contributed by atoms with van der Waals surface area (Å²) in [5.74, 6) is 0. The SMILES string of the molecule is CC(C)(C)CC1NCCc2ccsc21. The van der Waals surface area contributed by atoms with Crippen molar-refractivity contribution in [3.8, 4) is 0 Å². The van der Waals surface area contributed by atoms with Gasteiger partial charge in [0, 0.05) is 10.9 Å². The van der Waals surface area contributed by atoms with Crippen molar-refractivity contribution in [3.05, 3.63) is 21.9 Å². The minimum absolute atomic E-state index is 0.413. The maximum Gasteiger partial charge on any atom is 0.0422 e. The second-order valence-corrected chi connectivity index (χ2v) is 6.28. The van der Waals surface area contributed by atoms with Gasteiger partial charge in [0.05, 0.1) is 0 Å². The first-order chi connectivity index (χ1) is 6.56. The van der Waals surface area contributed by atoms with Gasteiger partial charge in [-0.3, -0.25) is 0 Å². The molecule has 1 aliphatic heterocycles. The van der Waals surface area contributed by atoms with Gasteiger partial charge >= 0.3 is 0 Å². The van der Waals surface area contributed by atoms with Gasteiger partial charge in [0.25, 0.3) is 0 Å². The molecule has 0 bridgehead atoms. The fraction of sp³-hybridized carbons (Fsp3) is 0.667. The van der Waals surface area contributed by atoms with Crippen LogP contribution in [0.25, 0.3) is 0 Å². The molecule has 0 amide bonds. The molecule has 0 aromatic carbocycles. The van der Waals surface area contributed by atoms with Crippen LogP contribution in [0.5, 0.6) is 0 Å². The summed E-state index contributed by atoms with van der Waals surface area (Å²) in [6.07, 6.45) is 2.44. The normalized spacial score (nSPS) is 22.1. The third-order valence-electron chi connectivity index (χ3n) is 2.70. The summed E-state index contributed by atoms with van der Waals surface area (Å²) in [5, 5.41) is 5.86. The topological polar surface area (TPSA) is 12.0 Å². The molecule has 0 radical (unpaired) electrons. The Balaban J connectivity index is 2.16. The number of nitrogens with one attached hydrogen (secondary N) is 1. The quantitative estimate of drug-likeness (QED) is 0.747. The molecule has 1 N–H and O–H groups in total. The lowest BCUT2D eigenvalue weighted by Gasteiger charge is -2.30. The lowest BCUT2D eigenvalue weighted by atomic mass is 9.85. The molecule has 2 rings (SSSR count). The van der Waals surface area contributed by atoms with Crippen LogP contribution in [0.2, 0.25) is 0 Å². The molecule has 0 fully saturated rings. The van der Waals surface area contributed by atoms with E-state index < -0.39 is 0 Å². The molecule has 1 unspecified atom stereocenters. The molecule has 0 aliphatic carbocycles. The van der Waals surface area contributed by atoms with Crippen LogP contribution in [-0.2, 0) is 6.42 Å². The molecule has 1 aromatic rings. The highest BCUT2D eigenvalue weighted by atomic mass is 32.1. The van der Waals surface area contributed by atoms with Crippen LogP contribution in [0.15, 0.2) is 11.4 Å². The Morgan fingerprint density at radius 3 is 3.00 bits per heavy atom. The standard InChI is InChI=1S/C12H19NS/c1-12(2,3)8-10-11-9(4-6-13-10)5-7-14-11/h5,7,10,13H,4,6,8H2,1-3H3. The van der Waals surface area contributed by atoms with Gasteiger partial charge in [-0.05, 0) is 41.8 Å². The Bertz CT molecular complexity index is 308. The van der Waals surface area contributed by atoms with Crippen molar-refractivity contribution in [1.29, 1.82) is 0 Å². The van der Waals surface area contributed by atoms with E-state index in [-0.39, 0.29) is 0 Å². The minimum atomic E-state index is 0.413. The highest BCUT2D eigenvalue weighted by Crippen LogP contribution is 2.35. The zero-order valence-electron chi connectivity index (χ0n) is 9.26. The molecule has 0 spiro atoms. The van der Waals surface area contributed by atoms with Gasteiger partial charge in [-0.1, -0.05) is 20.8 Å². The molecular weight excluding hydrogens is 190 g/mol. The lowest BCUT2D eigenvalue weighted by Crippen LogP contribution is -2.31. The van der Waals surface area contributed by atoms with Gasteiger partial charge in [-0.2, -0.15) is 0 Å². The van der Waals surface area contributed by atoms with Gasteiger partial charge in [0.2, 0.25) is 0 Å². The largest absolute Gasteiger partial charge is 0.309 e. The van der Waals surface area contributed by atoms with Gasteiger partial charge in [-0.25, -0.2) is 0 Å². The van der Waals surface area contributed by atoms with E-state index in [0.717, 1.165) is 6.54 Å². The van der Waals surface area contributed by atoms with Crippen molar-refractivity contribution in [3.63, 3.8) is 0 Å². The van der Waals surface area contributed by atoms with Gasteiger partial charge < -0.3 is 5.32 Å². The molecule has 2 heteroatoms. The predicted molar refractivity (Wildman–Crippen MR) is 62.8 cm³/mol. The molecule has 1 aliphatic rings. The Hall–Kier alpha value is -0.340. The van der Waals surface area contributed by atoms with E-state index in [0.29, 0.717) is 11.5 Å². The zero-order valence-corrected chi connectivity index (χ0v) is 10.1. The van der Waals surface area contributed by atoms with Crippen molar-refractivity contribution in [1.82, 2.24) is 5.32 Å². The summed E-state index contributed by atoms with van der Waals surface area (Å²) in [6, 6.07) is 2.88. The fourth-order valence-corrected chi connectivity index (χ4v) is 3.14. The molecule has 1 nitrogen and oxygen atoms in total. The highest BCUT2D eigenvalue weighted by molar-refractivity contribution is 7.10. The number of rotatable bonds is 1. The Labute approximate surface area is 90.5 Å². The minimum Gasteiger partial charge on any atom is -0.309 e. The van der Waals surface area contributed by atoms with E-state index in [1.807, 2.05) is 11.3 Å². The summed E-state index contributed by atoms with van der Waals surface area (Å²) in [6.45, 7) is 8.09. The van der Waals surface area contributed by atoms with Gasteiger partial charge in [0.1, 0.15) is 0 Å². The summed E-state index contributed by atoms with van der Waals surface area (Å²) in [7, 11) is 0. The molecular formula is C12H19NS. The molecule has 2 heterocycles. The van der Waals surface area contributed by atoms with Crippen LogP contribution in [0.1, 0.15) is 43.7 Å². The average molecular weight is 209 g/mol. The van der Waals surface area contributed by atoms with Crippen LogP contribution >= 0.6 is 11.3 Å². The summed E-state index contributed by atoms with van der Waals surface area (Å²) >= 11 is 1.91. The van der Waals surface area contributed by atoms with E-state index in [4.69, 9.17) is 0 Å². The van der Waals surface area contributed by atoms with E-state index in [2.05, 4.69) is 37.5 Å². The summed E-state index contributed by atoms with van der Waals surface area (Å²) in [5.41, 5.74) is 1.99. The van der Waals surface area contributed by atoms with Crippen molar-refractivity contribution in [2.45, 2.75) is 39.7 Å². The van der Waals surface area contributed by atoms with Crippen LogP contribution in [0.4, 0.5) is 0 Å². The summed E-state index contributed by atoms with van der Waals surface area (Å²) in [4.78, 5) is 1.58. The van der Waals surface area contributed by atoms with Crippen LogP contribution in [0, 0.1) is 5.41 Å². The Kier molecular flexibility index (Phi) is 2.67. The third-order valence-corrected chi connectivity index (χ3v) is 3.77. The third kappa shape index (κ3) is 2.18. The molecule has 14 heavy (non-hydrogen) atoms. The van der Waals surface area contributed by atoms with E-state index in [1.165, 1.54) is 12.8 Å². The number of fused-ring (bicyclic) bond motifs is 1. The first kappa shape index (κ1) is 10.2.